The van der Waals surface area contributed by atoms with Gasteiger partial charge in [0.25, 0.3) is 5.56 Å². The van der Waals surface area contributed by atoms with Crippen molar-refractivity contribution >= 4 is 0 Å². The van der Waals surface area contributed by atoms with Gasteiger partial charge in [-0.15, -0.1) is 0 Å². The van der Waals surface area contributed by atoms with Crippen LogP contribution < -0.4 is 11.2 Å². The monoisotopic (exact) mass is 256 g/mol. The van der Waals surface area contributed by atoms with E-state index in [1.165, 1.54) is 6.20 Å². The van der Waals surface area contributed by atoms with Crippen LogP contribution in [-0.2, 0) is 9.47 Å². The second-order valence-electron chi connectivity index (χ2n) is 4.47. The Morgan fingerprint density at radius 1 is 1.56 bits per heavy atom. The molecular weight excluding hydrogens is 244 g/mol. The number of nitrogens with zero attached hydrogens (tertiary/aromatic N) is 1. The summed E-state index contributed by atoms with van der Waals surface area (Å²) in [5.41, 5.74) is -2.17. The van der Waals surface area contributed by atoms with E-state index in [0.717, 1.165) is 10.6 Å². The molecule has 98 valence electrons. The molecule has 3 heterocycles. The highest BCUT2D eigenvalue weighted by atomic mass is 16.7. The lowest BCUT2D eigenvalue weighted by Crippen LogP contribution is -2.61. The summed E-state index contributed by atoms with van der Waals surface area (Å²) in [6, 6.07) is 1.16. The Morgan fingerprint density at radius 2 is 2.33 bits per heavy atom. The summed E-state index contributed by atoms with van der Waals surface area (Å²) >= 11 is 0. The topological polar surface area (TPSA) is 114 Å². The van der Waals surface area contributed by atoms with Gasteiger partial charge in [-0.05, 0) is 0 Å². The Hall–Kier alpha value is -1.48. The fraction of sp³-hybridized carbons (Fsp3) is 0.600. The van der Waals surface area contributed by atoms with Crippen LogP contribution in [0.15, 0.2) is 21.9 Å². The lowest BCUT2D eigenvalue weighted by molar-refractivity contribution is -0.246. The van der Waals surface area contributed by atoms with E-state index in [2.05, 4.69) is 4.98 Å². The van der Waals surface area contributed by atoms with Gasteiger partial charge < -0.3 is 19.7 Å². The number of aliphatic hydroxyl groups is 2. The smallest absolute Gasteiger partial charge is 0.330 e. The molecule has 3 N–H and O–H groups in total. The maximum absolute atomic E-state index is 11.6. The van der Waals surface area contributed by atoms with Crippen molar-refractivity contribution in [3.05, 3.63) is 33.1 Å². The van der Waals surface area contributed by atoms with Crippen molar-refractivity contribution in [2.24, 2.45) is 0 Å². The summed E-state index contributed by atoms with van der Waals surface area (Å²) in [5, 5.41) is 19.3. The van der Waals surface area contributed by atoms with Crippen molar-refractivity contribution in [1.29, 1.82) is 0 Å². The van der Waals surface area contributed by atoms with Crippen LogP contribution in [0.3, 0.4) is 0 Å². The molecule has 8 nitrogen and oxygen atoms in total. The lowest BCUT2D eigenvalue weighted by Gasteiger charge is -2.41. The lowest BCUT2D eigenvalue weighted by atomic mass is 9.91. The van der Waals surface area contributed by atoms with Crippen molar-refractivity contribution < 1.29 is 19.7 Å². The van der Waals surface area contributed by atoms with Gasteiger partial charge in [-0.2, -0.15) is 0 Å². The van der Waals surface area contributed by atoms with Gasteiger partial charge in [0.2, 0.25) is 0 Å². The number of H-pyrrole nitrogens is 1. The van der Waals surface area contributed by atoms with E-state index in [1.807, 2.05) is 0 Å². The number of hydrogen-bond acceptors (Lipinski definition) is 6. The van der Waals surface area contributed by atoms with Crippen LogP contribution >= 0.6 is 0 Å². The first-order valence-electron chi connectivity index (χ1n) is 5.47. The fourth-order valence-electron chi connectivity index (χ4n) is 2.36. The number of ether oxygens (including phenoxy) is 2. The summed E-state index contributed by atoms with van der Waals surface area (Å²) in [6.07, 6.45) is -1.47. The summed E-state index contributed by atoms with van der Waals surface area (Å²) in [6.45, 7) is -0.136. The molecule has 0 aliphatic carbocycles. The summed E-state index contributed by atoms with van der Waals surface area (Å²) in [7, 11) is 0. The van der Waals surface area contributed by atoms with Gasteiger partial charge in [0.05, 0.1) is 13.2 Å². The van der Waals surface area contributed by atoms with Gasteiger partial charge in [0.15, 0.2) is 6.23 Å². The van der Waals surface area contributed by atoms with E-state index in [1.54, 1.807) is 0 Å². The van der Waals surface area contributed by atoms with E-state index >= 15 is 0 Å². The Balaban J connectivity index is 1.99. The summed E-state index contributed by atoms with van der Waals surface area (Å²) in [5.74, 6) is 0. The molecule has 2 saturated heterocycles. The van der Waals surface area contributed by atoms with E-state index < -0.39 is 35.3 Å². The Kier molecular flexibility index (Phi) is 2.42. The van der Waals surface area contributed by atoms with Gasteiger partial charge in [-0.25, -0.2) is 4.79 Å². The number of aromatic amines is 1. The molecule has 1 aromatic rings. The highest BCUT2D eigenvalue weighted by molar-refractivity contribution is 5.08. The maximum Gasteiger partial charge on any atom is 0.330 e. The van der Waals surface area contributed by atoms with Crippen molar-refractivity contribution in [2.45, 2.75) is 24.0 Å². The van der Waals surface area contributed by atoms with Crippen LogP contribution in [0.25, 0.3) is 0 Å². The number of fused-ring (bicyclic) bond motifs is 1. The predicted octanol–water partition coefficient (Wildman–Crippen LogP) is -2.44. The standard InChI is InChI=1S/C10H12N2O6/c13-3-10-4-17-7(10)6(15)8(18-10)12-2-1-5(14)11-9(12)16/h1-2,6-8,13,15H,3-4H2,(H,11,14,16). The first-order valence-corrected chi connectivity index (χ1v) is 5.47. The molecule has 8 heteroatoms. The molecule has 0 bridgehead atoms. The van der Waals surface area contributed by atoms with Crippen LogP contribution in [0.1, 0.15) is 6.23 Å². The van der Waals surface area contributed by atoms with Gasteiger partial charge in [-0.3, -0.25) is 14.3 Å². The molecule has 0 amide bonds. The number of hydrogen-bond donors (Lipinski definition) is 3. The molecule has 18 heavy (non-hydrogen) atoms. The molecule has 4 unspecified atom stereocenters. The second-order valence-corrected chi connectivity index (χ2v) is 4.47. The van der Waals surface area contributed by atoms with Crippen molar-refractivity contribution in [2.75, 3.05) is 13.2 Å². The molecule has 2 aliphatic heterocycles. The number of aliphatic hydroxyl groups excluding tert-OH is 2. The van der Waals surface area contributed by atoms with Gasteiger partial charge in [-0.1, -0.05) is 0 Å². The molecule has 0 spiro atoms. The average Bonchev–Trinajstić information content (AvgIpc) is 2.48. The minimum absolute atomic E-state index is 0.166. The van der Waals surface area contributed by atoms with Crippen LogP contribution in [0, 0.1) is 0 Å². The van der Waals surface area contributed by atoms with Crippen LogP contribution in [-0.4, -0.2) is 50.8 Å². The summed E-state index contributed by atoms with van der Waals surface area (Å²) in [4.78, 5) is 24.6. The van der Waals surface area contributed by atoms with Crippen LogP contribution in [0.2, 0.25) is 0 Å². The molecule has 0 saturated carbocycles. The molecular formula is C10H12N2O6. The zero-order chi connectivity index (χ0) is 12.9. The van der Waals surface area contributed by atoms with Crippen LogP contribution in [0.5, 0.6) is 0 Å². The summed E-state index contributed by atoms with van der Waals surface area (Å²) < 4.78 is 11.8. The molecule has 2 aliphatic rings. The quantitative estimate of drug-likeness (QED) is 0.541. The molecule has 1 aromatic heterocycles. The zero-order valence-electron chi connectivity index (χ0n) is 9.28. The van der Waals surface area contributed by atoms with Gasteiger partial charge in [0, 0.05) is 12.3 Å². The highest BCUT2D eigenvalue weighted by Crippen LogP contribution is 2.44. The number of rotatable bonds is 2. The molecule has 2 fully saturated rings. The van der Waals surface area contributed by atoms with Crippen molar-refractivity contribution in [1.82, 2.24) is 9.55 Å². The average molecular weight is 256 g/mol. The third kappa shape index (κ3) is 1.40. The van der Waals surface area contributed by atoms with E-state index in [0.29, 0.717) is 0 Å². The first-order chi connectivity index (χ1) is 8.57. The third-order valence-corrected chi connectivity index (χ3v) is 3.38. The Morgan fingerprint density at radius 3 is 2.83 bits per heavy atom. The van der Waals surface area contributed by atoms with Crippen molar-refractivity contribution in [3.8, 4) is 0 Å². The van der Waals surface area contributed by atoms with Crippen molar-refractivity contribution in [3.63, 3.8) is 0 Å². The molecule has 3 rings (SSSR count). The third-order valence-electron chi connectivity index (χ3n) is 3.38. The normalized spacial score (nSPS) is 38.2. The van der Waals surface area contributed by atoms with Gasteiger partial charge in [0.1, 0.15) is 17.8 Å². The highest BCUT2D eigenvalue weighted by Gasteiger charge is 2.62. The minimum Gasteiger partial charge on any atom is -0.393 e. The first kappa shape index (κ1) is 11.6. The molecule has 4 atom stereocenters. The molecule has 0 radical (unpaired) electrons. The number of nitrogens with one attached hydrogen (secondary N) is 1. The number of aromatic nitrogens is 2. The molecule has 0 aromatic carbocycles. The van der Waals surface area contributed by atoms with Crippen LogP contribution in [0.4, 0.5) is 0 Å². The van der Waals surface area contributed by atoms with E-state index in [-0.39, 0.29) is 13.2 Å². The predicted molar refractivity (Wildman–Crippen MR) is 57.0 cm³/mol. The Labute approximate surface area is 100 Å². The SMILES string of the molecule is O=c1ccn(C2OC3(CO)COC3C2O)c(=O)[nH]1. The fourth-order valence-corrected chi connectivity index (χ4v) is 2.36. The maximum atomic E-state index is 11.6. The minimum atomic E-state index is -1.07. The van der Waals surface area contributed by atoms with Gasteiger partial charge >= 0.3 is 5.69 Å². The Bertz CT molecular complexity index is 576. The zero-order valence-corrected chi connectivity index (χ0v) is 9.28. The van der Waals surface area contributed by atoms with E-state index in [9.17, 15) is 19.8 Å². The second kappa shape index (κ2) is 3.75. The van der Waals surface area contributed by atoms with E-state index in [4.69, 9.17) is 9.47 Å². The largest absolute Gasteiger partial charge is 0.393 e.